The fraction of sp³-hybridized carbons (Fsp3) is 0.455. The minimum Gasteiger partial charge on any atom is -0.473 e. The zero-order valence-corrected chi connectivity index (χ0v) is 9.67. The van der Waals surface area contributed by atoms with Gasteiger partial charge in [0, 0.05) is 18.8 Å². The summed E-state index contributed by atoms with van der Waals surface area (Å²) in [5.74, 6) is 0.544. The lowest BCUT2D eigenvalue weighted by atomic mass is 10.1. The number of nitriles is 1. The van der Waals surface area contributed by atoms with Gasteiger partial charge in [0.15, 0.2) is 0 Å². The first-order valence-electron chi connectivity index (χ1n) is 5.12. The molecule has 1 atom stereocenters. The number of ether oxygens (including phenoxy) is 1. The van der Waals surface area contributed by atoms with Crippen LogP contribution < -0.4 is 10.1 Å². The standard InChI is InChI=1S/C11H13N3O.ClH/c12-7-9-3-5-14-11(6-9)15-10-2-1-4-13-8-10;/h3,5-6,10,13H,1-2,4,8H2;1H/t10-;/m0./s1. The van der Waals surface area contributed by atoms with Crippen molar-refractivity contribution in [2.75, 3.05) is 13.1 Å². The number of nitrogens with zero attached hydrogens (tertiary/aromatic N) is 2. The molecule has 1 aromatic heterocycles. The minimum absolute atomic E-state index is 0. The maximum atomic E-state index is 8.72. The van der Waals surface area contributed by atoms with Crippen molar-refractivity contribution in [3.05, 3.63) is 23.9 Å². The quantitative estimate of drug-likeness (QED) is 0.850. The Morgan fingerprint density at radius 1 is 1.56 bits per heavy atom. The average molecular weight is 240 g/mol. The Labute approximate surface area is 101 Å². The number of piperidine rings is 1. The number of hydrogen-bond donors (Lipinski definition) is 1. The maximum absolute atomic E-state index is 8.72. The van der Waals surface area contributed by atoms with Crippen LogP contribution in [-0.2, 0) is 0 Å². The van der Waals surface area contributed by atoms with E-state index in [2.05, 4.69) is 16.4 Å². The van der Waals surface area contributed by atoms with Gasteiger partial charge in [0.1, 0.15) is 6.10 Å². The Morgan fingerprint density at radius 2 is 2.44 bits per heavy atom. The van der Waals surface area contributed by atoms with Crippen LogP contribution in [0, 0.1) is 11.3 Å². The highest BCUT2D eigenvalue weighted by atomic mass is 35.5. The van der Waals surface area contributed by atoms with Gasteiger partial charge in [-0.2, -0.15) is 5.26 Å². The van der Waals surface area contributed by atoms with Gasteiger partial charge >= 0.3 is 0 Å². The topological polar surface area (TPSA) is 57.9 Å². The van der Waals surface area contributed by atoms with Gasteiger partial charge in [-0.3, -0.25) is 0 Å². The molecule has 1 aliphatic rings. The monoisotopic (exact) mass is 239 g/mol. The molecule has 0 bridgehead atoms. The van der Waals surface area contributed by atoms with Crippen LogP contribution in [0.3, 0.4) is 0 Å². The van der Waals surface area contributed by atoms with Crippen LogP contribution in [0.5, 0.6) is 5.88 Å². The second-order valence-corrected chi connectivity index (χ2v) is 3.58. The SMILES string of the molecule is Cl.N#Cc1ccnc(O[C@H]2CCCNC2)c1. The summed E-state index contributed by atoms with van der Waals surface area (Å²) in [4.78, 5) is 4.08. The largest absolute Gasteiger partial charge is 0.473 e. The van der Waals surface area contributed by atoms with E-state index in [-0.39, 0.29) is 18.5 Å². The van der Waals surface area contributed by atoms with E-state index in [1.807, 2.05) is 0 Å². The molecule has 1 N–H and O–H groups in total. The average Bonchev–Trinajstić information content (AvgIpc) is 2.31. The van der Waals surface area contributed by atoms with Crippen LogP contribution in [0.1, 0.15) is 18.4 Å². The molecule has 0 aromatic carbocycles. The zero-order valence-electron chi connectivity index (χ0n) is 8.85. The Kier molecular flexibility index (Phi) is 5.03. The van der Waals surface area contributed by atoms with Crippen molar-refractivity contribution in [1.29, 1.82) is 5.26 Å². The number of aromatic nitrogens is 1. The Hall–Kier alpha value is -1.31. The summed E-state index contributed by atoms with van der Waals surface area (Å²) in [6.07, 6.45) is 3.96. The lowest BCUT2D eigenvalue weighted by molar-refractivity contribution is 0.160. The van der Waals surface area contributed by atoms with Gasteiger partial charge in [-0.25, -0.2) is 4.98 Å². The van der Waals surface area contributed by atoms with Crippen molar-refractivity contribution in [3.63, 3.8) is 0 Å². The molecule has 0 aliphatic carbocycles. The molecule has 0 saturated carbocycles. The summed E-state index contributed by atoms with van der Waals surface area (Å²) in [5.41, 5.74) is 0.587. The van der Waals surface area contributed by atoms with Gasteiger partial charge < -0.3 is 10.1 Å². The number of nitrogens with one attached hydrogen (secondary N) is 1. The van der Waals surface area contributed by atoms with Crippen LogP contribution in [0.15, 0.2) is 18.3 Å². The van der Waals surface area contributed by atoms with E-state index < -0.39 is 0 Å². The number of hydrogen-bond acceptors (Lipinski definition) is 4. The minimum atomic E-state index is 0. The van der Waals surface area contributed by atoms with Crippen LogP contribution in [-0.4, -0.2) is 24.2 Å². The molecule has 0 amide bonds. The van der Waals surface area contributed by atoms with Crippen molar-refractivity contribution in [1.82, 2.24) is 10.3 Å². The first-order chi connectivity index (χ1) is 7.38. The van der Waals surface area contributed by atoms with E-state index in [9.17, 15) is 0 Å². The lowest BCUT2D eigenvalue weighted by Crippen LogP contribution is -2.37. The van der Waals surface area contributed by atoms with Crippen molar-refractivity contribution in [3.8, 4) is 11.9 Å². The van der Waals surface area contributed by atoms with Crippen molar-refractivity contribution >= 4 is 12.4 Å². The second kappa shape index (κ2) is 6.31. The third-order valence-electron chi connectivity index (χ3n) is 2.40. The molecule has 86 valence electrons. The van der Waals surface area contributed by atoms with Gasteiger partial charge in [-0.1, -0.05) is 0 Å². The van der Waals surface area contributed by atoms with Crippen molar-refractivity contribution < 1.29 is 4.74 Å². The molecule has 5 heteroatoms. The molecule has 0 unspecified atom stereocenters. The first-order valence-corrected chi connectivity index (χ1v) is 5.12. The lowest BCUT2D eigenvalue weighted by Gasteiger charge is -2.23. The molecule has 0 spiro atoms. The highest BCUT2D eigenvalue weighted by Crippen LogP contribution is 2.13. The molecular formula is C11H14ClN3O. The fourth-order valence-corrected chi connectivity index (χ4v) is 1.63. The van der Waals surface area contributed by atoms with E-state index in [0.717, 1.165) is 25.9 Å². The molecule has 2 heterocycles. The van der Waals surface area contributed by atoms with E-state index >= 15 is 0 Å². The molecule has 4 nitrogen and oxygen atoms in total. The van der Waals surface area contributed by atoms with Gasteiger partial charge in [0.2, 0.25) is 5.88 Å². The molecule has 2 rings (SSSR count). The summed E-state index contributed by atoms with van der Waals surface area (Å²) >= 11 is 0. The molecule has 1 fully saturated rings. The van der Waals surface area contributed by atoms with Crippen molar-refractivity contribution in [2.45, 2.75) is 18.9 Å². The van der Waals surface area contributed by atoms with Gasteiger partial charge in [-0.15, -0.1) is 12.4 Å². The van der Waals surface area contributed by atoms with E-state index in [1.165, 1.54) is 0 Å². The normalized spacial score (nSPS) is 19.3. The summed E-state index contributed by atoms with van der Waals surface area (Å²) in [5, 5.41) is 12.0. The molecule has 0 radical (unpaired) electrons. The van der Waals surface area contributed by atoms with Gasteiger partial charge in [-0.05, 0) is 25.5 Å². The first kappa shape index (κ1) is 12.8. The van der Waals surface area contributed by atoms with E-state index in [4.69, 9.17) is 10.00 Å². The van der Waals surface area contributed by atoms with Crippen LogP contribution in [0.25, 0.3) is 0 Å². The van der Waals surface area contributed by atoms with Crippen LogP contribution >= 0.6 is 12.4 Å². The third-order valence-corrected chi connectivity index (χ3v) is 2.40. The molecule has 16 heavy (non-hydrogen) atoms. The highest BCUT2D eigenvalue weighted by Gasteiger charge is 2.14. The van der Waals surface area contributed by atoms with E-state index in [0.29, 0.717) is 11.4 Å². The molecule has 1 aliphatic heterocycles. The number of rotatable bonds is 2. The van der Waals surface area contributed by atoms with Gasteiger partial charge in [0.05, 0.1) is 11.6 Å². The summed E-state index contributed by atoms with van der Waals surface area (Å²) in [7, 11) is 0. The Morgan fingerprint density at radius 3 is 3.12 bits per heavy atom. The third kappa shape index (κ3) is 3.37. The Bertz CT molecular complexity index is 372. The predicted molar refractivity (Wildman–Crippen MR) is 62.7 cm³/mol. The molecule has 1 aromatic rings. The highest BCUT2D eigenvalue weighted by molar-refractivity contribution is 5.85. The maximum Gasteiger partial charge on any atom is 0.214 e. The van der Waals surface area contributed by atoms with Crippen LogP contribution in [0.2, 0.25) is 0 Å². The number of halogens is 1. The smallest absolute Gasteiger partial charge is 0.214 e. The summed E-state index contributed by atoms with van der Waals surface area (Å²) in [6.45, 7) is 1.92. The summed E-state index contributed by atoms with van der Waals surface area (Å²) < 4.78 is 5.67. The van der Waals surface area contributed by atoms with Crippen LogP contribution in [0.4, 0.5) is 0 Å². The molecule has 1 saturated heterocycles. The molecular weight excluding hydrogens is 226 g/mol. The zero-order chi connectivity index (χ0) is 10.5. The second-order valence-electron chi connectivity index (χ2n) is 3.58. The predicted octanol–water partition coefficient (Wildman–Crippen LogP) is 1.51. The number of pyridine rings is 1. The fourth-order valence-electron chi connectivity index (χ4n) is 1.63. The summed E-state index contributed by atoms with van der Waals surface area (Å²) in [6, 6.07) is 5.42. The Balaban J connectivity index is 0.00000128. The van der Waals surface area contributed by atoms with Crippen molar-refractivity contribution in [2.24, 2.45) is 0 Å². The van der Waals surface area contributed by atoms with E-state index in [1.54, 1.807) is 18.3 Å². The van der Waals surface area contributed by atoms with Gasteiger partial charge in [0.25, 0.3) is 0 Å².